The van der Waals surface area contributed by atoms with Crippen molar-refractivity contribution in [2.24, 2.45) is 20.0 Å². The molecule has 0 aliphatic rings. The van der Waals surface area contributed by atoms with Crippen molar-refractivity contribution in [3.8, 4) is 0 Å². The molecule has 0 spiro atoms. The quantitative estimate of drug-likeness (QED) is 0.615. The van der Waals surface area contributed by atoms with Gasteiger partial charge in [-0.05, 0) is 13.8 Å². The fraction of sp³-hybridized carbons (Fsp3) is 0.167. The lowest BCUT2D eigenvalue weighted by molar-refractivity contribution is 0.564. The van der Waals surface area contributed by atoms with Gasteiger partial charge in [0.2, 0.25) is 24.3 Å². The van der Waals surface area contributed by atoms with Crippen LogP contribution in [0.1, 0.15) is 11.1 Å². The lowest BCUT2D eigenvalue weighted by Gasteiger charge is -2.11. The lowest BCUT2D eigenvalue weighted by atomic mass is 10.0. The van der Waals surface area contributed by atoms with E-state index in [9.17, 15) is 19.2 Å². The average molecular weight is 270 g/mol. The summed E-state index contributed by atoms with van der Waals surface area (Å²) in [7, 11) is 0. The van der Waals surface area contributed by atoms with E-state index < -0.39 is 0 Å². The second-order valence-corrected chi connectivity index (χ2v) is 3.46. The molecule has 0 aliphatic carbocycles. The molecule has 0 unspecified atom stereocenters. The van der Waals surface area contributed by atoms with Crippen LogP contribution in [0.3, 0.4) is 0 Å². The SMILES string of the molecule is Cc1c(N=C=O)c(C)c(N=C=O)c(N=C=O)c1N=C=O. The number of nitrogens with zero attached hydrogens (tertiary/aromatic N) is 4. The number of hydrogen-bond donors (Lipinski definition) is 0. The smallest absolute Gasteiger partial charge is 0.211 e. The van der Waals surface area contributed by atoms with Gasteiger partial charge in [-0.3, -0.25) is 0 Å². The number of hydrogen-bond acceptors (Lipinski definition) is 8. The van der Waals surface area contributed by atoms with Crippen LogP contribution in [0.25, 0.3) is 0 Å². The zero-order valence-corrected chi connectivity index (χ0v) is 10.4. The first-order valence-electron chi connectivity index (χ1n) is 5.11. The zero-order chi connectivity index (χ0) is 15.1. The van der Waals surface area contributed by atoms with Crippen LogP contribution in [0, 0.1) is 13.8 Å². The maximum absolute atomic E-state index is 10.5. The van der Waals surface area contributed by atoms with Crippen molar-refractivity contribution in [2.75, 3.05) is 0 Å². The van der Waals surface area contributed by atoms with Crippen molar-refractivity contribution in [3.05, 3.63) is 11.1 Å². The molecule has 20 heavy (non-hydrogen) atoms. The monoisotopic (exact) mass is 270 g/mol. The number of isocyanates is 4. The number of benzene rings is 1. The molecule has 0 saturated carbocycles. The van der Waals surface area contributed by atoms with E-state index in [0.29, 0.717) is 0 Å². The van der Waals surface area contributed by atoms with Crippen LogP contribution in [0.4, 0.5) is 22.7 Å². The second kappa shape index (κ2) is 6.61. The van der Waals surface area contributed by atoms with Gasteiger partial charge in [0, 0.05) is 11.1 Å². The predicted octanol–water partition coefficient (Wildman–Crippen LogP) is 2.17. The van der Waals surface area contributed by atoms with Crippen LogP contribution in [0.2, 0.25) is 0 Å². The highest BCUT2D eigenvalue weighted by Gasteiger charge is 2.19. The van der Waals surface area contributed by atoms with E-state index in [1.807, 2.05) is 0 Å². The maximum atomic E-state index is 10.5. The van der Waals surface area contributed by atoms with E-state index in [0.717, 1.165) is 0 Å². The molecular formula is C12H6N4O4. The van der Waals surface area contributed by atoms with E-state index in [4.69, 9.17) is 0 Å². The minimum Gasteiger partial charge on any atom is -0.211 e. The Bertz CT molecular complexity index is 713. The molecule has 1 aromatic carbocycles. The summed E-state index contributed by atoms with van der Waals surface area (Å²) in [4.78, 5) is 55.4. The Kier molecular flexibility index (Phi) is 4.89. The third-order valence-corrected chi connectivity index (χ3v) is 2.50. The Morgan fingerprint density at radius 3 is 1.20 bits per heavy atom. The molecule has 0 radical (unpaired) electrons. The molecule has 1 rings (SSSR count). The summed E-state index contributed by atoms with van der Waals surface area (Å²) in [6.07, 6.45) is 5.19. The summed E-state index contributed by atoms with van der Waals surface area (Å²) in [5, 5.41) is 0. The van der Waals surface area contributed by atoms with Gasteiger partial charge in [-0.25, -0.2) is 19.2 Å². The van der Waals surface area contributed by atoms with Crippen LogP contribution in [-0.2, 0) is 19.2 Å². The molecule has 0 saturated heterocycles. The first-order chi connectivity index (χ1) is 9.62. The largest absolute Gasteiger partial charge is 0.240 e. The molecule has 1 aromatic rings. The fourth-order valence-corrected chi connectivity index (χ4v) is 1.70. The Morgan fingerprint density at radius 2 is 0.850 bits per heavy atom. The summed E-state index contributed by atoms with van der Waals surface area (Å²) in [5.41, 5.74) is 0.370. The predicted molar refractivity (Wildman–Crippen MR) is 67.0 cm³/mol. The molecule has 0 fully saturated rings. The first-order valence-corrected chi connectivity index (χ1v) is 5.11. The average Bonchev–Trinajstić information content (AvgIpc) is 2.43. The van der Waals surface area contributed by atoms with Crippen LogP contribution in [0.15, 0.2) is 20.0 Å². The van der Waals surface area contributed by atoms with Gasteiger partial charge in [0.15, 0.2) is 0 Å². The minimum absolute atomic E-state index is 0.0862. The van der Waals surface area contributed by atoms with Crippen LogP contribution < -0.4 is 0 Å². The Balaban J connectivity index is 4.09. The van der Waals surface area contributed by atoms with E-state index in [2.05, 4.69) is 20.0 Å². The van der Waals surface area contributed by atoms with Crippen molar-refractivity contribution < 1.29 is 19.2 Å². The Morgan fingerprint density at radius 1 is 0.550 bits per heavy atom. The standard InChI is InChI=1S/C12H6N4O4/c1-7-9(13-3-17)8(2)11(15-5-19)12(16-6-20)10(7)14-4-18/h1-2H3. The van der Waals surface area contributed by atoms with E-state index in [-0.39, 0.29) is 33.9 Å². The van der Waals surface area contributed by atoms with Crippen LogP contribution >= 0.6 is 0 Å². The summed E-state index contributed by atoms with van der Waals surface area (Å²) in [6.45, 7) is 3.00. The molecule has 0 bridgehead atoms. The lowest BCUT2D eigenvalue weighted by Crippen LogP contribution is -1.86. The zero-order valence-electron chi connectivity index (χ0n) is 10.4. The summed E-state index contributed by atoms with van der Waals surface area (Å²) >= 11 is 0. The van der Waals surface area contributed by atoms with E-state index >= 15 is 0 Å². The van der Waals surface area contributed by atoms with Gasteiger partial charge < -0.3 is 0 Å². The second-order valence-electron chi connectivity index (χ2n) is 3.46. The van der Waals surface area contributed by atoms with E-state index in [1.165, 1.54) is 38.2 Å². The van der Waals surface area contributed by atoms with E-state index in [1.54, 1.807) is 0 Å². The highest BCUT2D eigenvalue weighted by atomic mass is 16.1. The van der Waals surface area contributed by atoms with Gasteiger partial charge in [0.1, 0.15) is 17.1 Å². The third kappa shape index (κ3) is 2.60. The highest BCUT2D eigenvalue weighted by molar-refractivity contribution is 5.90. The summed E-state index contributed by atoms with van der Waals surface area (Å²) in [6, 6.07) is 0. The molecule has 8 heteroatoms. The molecule has 0 N–H and O–H groups in total. The third-order valence-electron chi connectivity index (χ3n) is 2.50. The van der Waals surface area contributed by atoms with Gasteiger partial charge in [0.05, 0.1) is 5.69 Å². The van der Waals surface area contributed by atoms with Gasteiger partial charge >= 0.3 is 0 Å². The topological polar surface area (TPSA) is 118 Å². The van der Waals surface area contributed by atoms with Crippen LogP contribution in [-0.4, -0.2) is 24.3 Å². The molecule has 98 valence electrons. The number of aliphatic imine (C=N–C) groups is 4. The van der Waals surface area contributed by atoms with Crippen LogP contribution in [0.5, 0.6) is 0 Å². The highest BCUT2D eigenvalue weighted by Crippen LogP contribution is 2.47. The Hall–Kier alpha value is -3.26. The van der Waals surface area contributed by atoms with Crippen molar-refractivity contribution in [1.82, 2.24) is 0 Å². The Labute approximate surface area is 112 Å². The molecule has 0 heterocycles. The van der Waals surface area contributed by atoms with Gasteiger partial charge in [-0.2, -0.15) is 20.0 Å². The first kappa shape index (κ1) is 14.8. The normalized spacial score (nSPS) is 8.50. The fourth-order valence-electron chi connectivity index (χ4n) is 1.70. The maximum Gasteiger partial charge on any atom is 0.240 e. The molecule has 8 nitrogen and oxygen atoms in total. The van der Waals surface area contributed by atoms with Crippen molar-refractivity contribution in [3.63, 3.8) is 0 Å². The van der Waals surface area contributed by atoms with Crippen molar-refractivity contribution in [2.45, 2.75) is 13.8 Å². The van der Waals surface area contributed by atoms with Gasteiger partial charge in [-0.1, -0.05) is 0 Å². The molecule has 0 aromatic heterocycles. The molecule has 0 atom stereocenters. The van der Waals surface area contributed by atoms with Gasteiger partial charge in [0.25, 0.3) is 0 Å². The molecule has 0 aliphatic heterocycles. The summed E-state index contributed by atoms with van der Waals surface area (Å²) in [5.74, 6) is 0. The molecular weight excluding hydrogens is 264 g/mol. The summed E-state index contributed by atoms with van der Waals surface area (Å²) < 4.78 is 0. The number of carbonyl (C=O) groups excluding carboxylic acids is 4. The van der Waals surface area contributed by atoms with Gasteiger partial charge in [-0.15, -0.1) is 0 Å². The van der Waals surface area contributed by atoms with Crippen molar-refractivity contribution in [1.29, 1.82) is 0 Å². The van der Waals surface area contributed by atoms with Crippen molar-refractivity contribution >= 4 is 47.1 Å². The molecule has 0 amide bonds. The number of rotatable bonds is 4. The minimum atomic E-state index is -0.147.